The van der Waals surface area contributed by atoms with E-state index in [1.807, 2.05) is 24.3 Å². The Morgan fingerprint density at radius 3 is 2.44 bits per heavy atom. The second kappa shape index (κ2) is 6.29. The van der Waals surface area contributed by atoms with Crippen LogP contribution >= 0.6 is 0 Å². The molecule has 1 N–H and O–H groups in total. The van der Waals surface area contributed by atoms with E-state index in [1.54, 1.807) is 7.11 Å². The lowest BCUT2D eigenvalue weighted by molar-refractivity contribution is -0.0378. The number of methoxy groups -OCH3 is 1. The van der Waals surface area contributed by atoms with Gasteiger partial charge in [0, 0.05) is 23.0 Å². The summed E-state index contributed by atoms with van der Waals surface area (Å²) < 4.78 is 5.47. The van der Waals surface area contributed by atoms with Crippen LogP contribution in [-0.4, -0.2) is 35.0 Å². The van der Waals surface area contributed by atoms with Gasteiger partial charge in [-0.25, -0.2) is 0 Å². The number of hydrogen-bond donors (Lipinski definition) is 1. The number of amides is 1. The van der Waals surface area contributed by atoms with Gasteiger partial charge in [0.05, 0.1) is 7.11 Å². The Bertz CT molecular complexity index is 852. The molecule has 2 fully saturated rings. The fraction of sp³-hybridized carbons (Fsp3) is 0.609. The van der Waals surface area contributed by atoms with Crippen LogP contribution in [0.2, 0.25) is 0 Å². The molecule has 2 aliphatic rings. The third-order valence-electron chi connectivity index (χ3n) is 7.30. The monoisotopic (exact) mass is 368 g/mol. The maximum atomic E-state index is 13.7. The summed E-state index contributed by atoms with van der Waals surface area (Å²) in [6.45, 7) is 10.0. The first kappa shape index (κ1) is 18.4. The molecule has 0 atom stereocenters. The zero-order valence-electron chi connectivity index (χ0n) is 17.3. The number of carbonyl (C=O) groups excluding carboxylic acids is 1. The average Bonchev–Trinajstić information content (AvgIpc) is 3.24. The number of aromatic nitrogens is 1. The average molecular weight is 369 g/mol. The topological polar surface area (TPSA) is 45.3 Å². The van der Waals surface area contributed by atoms with E-state index in [0.717, 1.165) is 36.0 Å². The van der Waals surface area contributed by atoms with E-state index >= 15 is 0 Å². The van der Waals surface area contributed by atoms with E-state index in [1.165, 1.54) is 12.8 Å². The number of aromatic amines is 1. The van der Waals surface area contributed by atoms with Gasteiger partial charge in [-0.2, -0.15) is 0 Å². The van der Waals surface area contributed by atoms with Crippen molar-refractivity contribution in [2.75, 3.05) is 13.7 Å². The SMILES string of the molecule is COc1cccc2[nH]c(C(=O)N3CCC4(CC4)CC3(C(C)C)C(C)C)cc12. The predicted octanol–water partition coefficient (Wildman–Crippen LogP) is 5.24. The molecule has 2 heterocycles. The minimum absolute atomic E-state index is 0.0762. The number of ether oxygens (including phenoxy) is 1. The summed E-state index contributed by atoms with van der Waals surface area (Å²) in [6.07, 6.45) is 4.95. The molecule has 1 saturated heterocycles. The van der Waals surface area contributed by atoms with Gasteiger partial charge in [-0.1, -0.05) is 33.8 Å². The fourth-order valence-electron chi connectivity index (χ4n) is 5.50. The van der Waals surface area contributed by atoms with Gasteiger partial charge < -0.3 is 14.6 Å². The minimum atomic E-state index is -0.0762. The first-order valence-electron chi connectivity index (χ1n) is 10.3. The predicted molar refractivity (Wildman–Crippen MR) is 109 cm³/mol. The molecule has 146 valence electrons. The molecule has 4 rings (SSSR count). The van der Waals surface area contributed by atoms with Gasteiger partial charge >= 0.3 is 0 Å². The molecule has 4 nitrogen and oxygen atoms in total. The van der Waals surface area contributed by atoms with Crippen molar-refractivity contribution in [1.29, 1.82) is 0 Å². The Morgan fingerprint density at radius 2 is 1.85 bits per heavy atom. The lowest BCUT2D eigenvalue weighted by atomic mass is 9.66. The van der Waals surface area contributed by atoms with Crippen LogP contribution in [-0.2, 0) is 0 Å². The molecule has 1 amide bonds. The summed E-state index contributed by atoms with van der Waals surface area (Å²) in [5.74, 6) is 1.79. The number of H-pyrrole nitrogens is 1. The maximum absolute atomic E-state index is 13.7. The lowest BCUT2D eigenvalue weighted by Gasteiger charge is -2.55. The first-order chi connectivity index (χ1) is 12.8. The molecule has 1 aromatic carbocycles. The van der Waals surface area contributed by atoms with Gasteiger partial charge in [0.25, 0.3) is 5.91 Å². The van der Waals surface area contributed by atoms with Gasteiger partial charge in [0.1, 0.15) is 11.4 Å². The van der Waals surface area contributed by atoms with Gasteiger partial charge in [-0.05, 0) is 61.1 Å². The number of rotatable bonds is 4. The molecule has 0 bridgehead atoms. The summed E-state index contributed by atoms with van der Waals surface area (Å²) in [6, 6.07) is 7.86. The zero-order chi connectivity index (χ0) is 19.4. The van der Waals surface area contributed by atoms with Gasteiger partial charge in [0.15, 0.2) is 0 Å². The fourth-order valence-corrected chi connectivity index (χ4v) is 5.50. The largest absolute Gasteiger partial charge is 0.496 e. The Kier molecular flexibility index (Phi) is 4.28. The van der Waals surface area contributed by atoms with Gasteiger partial charge in [-0.3, -0.25) is 4.79 Å². The van der Waals surface area contributed by atoms with Crippen molar-refractivity contribution in [1.82, 2.24) is 9.88 Å². The van der Waals surface area contributed by atoms with Crippen LogP contribution in [0.25, 0.3) is 10.9 Å². The van der Waals surface area contributed by atoms with Gasteiger partial charge in [0.2, 0.25) is 0 Å². The number of piperidine rings is 1. The maximum Gasteiger partial charge on any atom is 0.270 e. The molecule has 0 unspecified atom stereocenters. The second-order valence-electron chi connectivity index (χ2n) is 9.29. The molecular formula is C23H32N2O2. The summed E-state index contributed by atoms with van der Waals surface area (Å²) in [4.78, 5) is 19.2. The minimum Gasteiger partial charge on any atom is -0.496 e. The highest BCUT2D eigenvalue weighted by molar-refractivity contribution is 6.00. The molecular weight excluding hydrogens is 336 g/mol. The first-order valence-corrected chi connectivity index (χ1v) is 10.3. The molecule has 0 radical (unpaired) electrons. The van der Waals surface area contributed by atoms with E-state index < -0.39 is 0 Å². The highest BCUT2D eigenvalue weighted by Gasteiger charge is 2.58. The number of fused-ring (bicyclic) bond motifs is 1. The normalized spacial score (nSPS) is 20.6. The summed E-state index contributed by atoms with van der Waals surface area (Å²) in [5, 5.41) is 0.971. The Labute approximate surface area is 162 Å². The summed E-state index contributed by atoms with van der Waals surface area (Å²) in [7, 11) is 1.67. The molecule has 2 aromatic rings. The standard InChI is InChI=1S/C23H32N2O2/c1-15(2)23(16(3)4)14-22(9-10-22)11-12-25(23)21(26)19-13-17-18(24-19)7-6-8-20(17)27-5/h6-8,13,15-16,24H,9-12,14H2,1-5H3. The molecule has 1 spiro atoms. The van der Waals surface area contributed by atoms with E-state index in [9.17, 15) is 4.79 Å². The van der Waals surface area contributed by atoms with Gasteiger partial charge in [-0.15, -0.1) is 0 Å². The highest BCUT2D eigenvalue weighted by Crippen LogP contribution is 2.60. The van der Waals surface area contributed by atoms with Crippen LogP contribution in [0.5, 0.6) is 5.75 Å². The van der Waals surface area contributed by atoms with Crippen molar-refractivity contribution >= 4 is 16.8 Å². The van der Waals surface area contributed by atoms with Crippen LogP contribution < -0.4 is 4.74 Å². The number of hydrogen-bond acceptors (Lipinski definition) is 2. The Balaban J connectivity index is 1.75. The molecule has 1 aliphatic carbocycles. The van der Waals surface area contributed by atoms with Crippen LogP contribution in [0.1, 0.15) is 63.9 Å². The van der Waals surface area contributed by atoms with E-state index in [0.29, 0.717) is 22.9 Å². The van der Waals surface area contributed by atoms with Crippen molar-refractivity contribution in [3.8, 4) is 5.75 Å². The van der Waals surface area contributed by atoms with Crippen molar-refractivity contribution in [2.24, 2.45) is 17.3 Å². The third kappa shape index (κ3) is 2.76. The van der Waals surface area contributed by atoms with Crippen LogP contribution in [0.4, 0.5) is 0 Å². The van der Waals surface area contributed by atoms with Crippen molar-refractivity contribution in [2.45, 2.75) is 58.9 Å². The number of nitrogens with one attached hydrogen (secondary N) is 1. The number of benzene rings is 1. The third-order valence-corrected chi connectivity index (χ3v) is 7.30. The molecule has 1 aliphatic heterocycles. The van der Waals surface area contributed by atoms with Crippen molar-refractivity contribution in [3.63, 3.8) is 0 Å². The molecule has 27 heavy (non-hydrogen) atoms. The summed E-state index contributed by atoms with van der Waals surface area (Å²) >= 11 is 0. The number of nitrogens with zero attached hydrogens (tertiary/aromatic N) is 1. The molecule has 1 aromatic heterocycles. The number of likely N-dealkylation sites (tertiary alicyclic amines) is 1. The smallest absolute Gasteiger partial charge is 0.270 e. The quantitative estimate of drug-likeness (QED) is 0.802. The molecule has 1 saturated carbocycles. The van der Waals surface area contributed by atoms with Crippen LogP contribution in [0.3, 0.4) is 0 Å². The zero-order valence-corrected chi connectivity index (χ0v) is 17.3. The van der Waals surface area contributed by atoms with Crippen LogP contribution in [0.15, 0.2) is 24.3 Å². The van der Waals surface area contributed by atoms with Crippen molar-refractivity contribution in [3.05, 3.63) is 30.0 Å². The number of carbonyl (C=O) groups is 1. The van der Waals surface area contributed by atoms with Crippen molar-refractivity contribution < 1.29 is 9.53 Å². The summed E-state index contributed by atoms with van der Waals surface area (Å²) in [5.41, 5.74) is 2.04. The lowest BCUT2D eigenvalue weighted by Crippen LogP contribution is -2.62. The Morgan fingerprint density at radius 1 is 1.15 bits per heavy atom. The molecule has 4 heteroatoms. The highest BCUT2D eigenvalue weighted by atomic mass is 16.5. The van der Waals surface area contributed by atoms with E-state index in [2.05, 4.69) is 37.6 Å². The van der Waals surface area contributed by atoms with Crippen LogP contribution in [0, 0.1) is 17.3 Å². The van der Waals surface area contributed by atoms with E-state index in [4.69, 9.17) is 4.74 Å². The van der Waals surface area contributed by atoms with E-state index in [-0.39, 0.29) is 11.4 Å². The Hall–Kier alpha value is -1.97. The second-order valence-corrected chi connectivity index (χ2v) is 9.29.